The van der Waals surface area contributed by atoms with E-state index >= 15 is 0 Å². The maximum absolute atomic E-state index is 5.71. The molecule has 1 fully saturated rings. The van der Waals surface area contributed by atoms with Crippen LogP contribution in [0.3, 0.4) is 0 Å². The van der Waals surface area contributed by atoms with E-state index in [1.54, 1.807) is 0 Å². The van der Waals surface area contributed by atoms with E-state index in [9.17, 15) is 0 Å². The topological polar surface area (TPSA) is 38.5 Å². The van der Waals surface area contributed by atoms with Crippen molar-refractivity contribution in [2.75, 3.05) is 32.8 Å². The highest BCUT2D eigenvalue weighted by molar-refractivity contribution is 4.73. The van der Waals surface area contributed by atoms with Crippen LogP contribution in [0.25, 0.3) is 0 Å². The lowest BCUT2D eigenvalue weighted by Gasteiger charge is -2.33. The van der Waals surface area contributed by atoms with E-state index in [-0.39, 0.29) is 0 Å². The van der Waals surface area contributed by atoms with Crippen LogP contribution >= 0.6 is 0 Å². The third-order valence-corrected chi connectivity index (χ3v) is 2.46. The first kappa shape index (κ1) is 9.96. The molecule has 1 aliphatic heterocycles. The number of hydrogen-bond acceptors (Lipinski definition) is 3. The van der Waals surface area contributed by atoms with Gasteiger partial charge in [0.1, 0.15) is 0 Å². The Morgan fingerprint density at radius 3 is 2.58 bits per heavy atom. The molecule has 0 saturated carbocycles. The summed E-state index contributed by atoms with van der Waals surface area (Å²) in [5.74, 6) is 0. The van der Waals surface area contributed by atoms with Crippen molar-refractivity contribution in [2.45, 2.75) is 25.8 Å². The molecule has 1 unspecified atom stereocenters. The summed E-state index contributed by atoms with van der Waals surface area (Å²) in [4.78, 5) is 2.45. The zero-order valence-corrected chi connectivity index (χ0v) is 7.96. The first-order chi connectivity index (χ1) is 5.88. The van der Waals surface area contributed by atoms with E-state index in [1.165, 1.54) is 12.8 Å². The van der Waals surface area contributed by atoms with Crippen molar-refractivity contribution in [3.8, 4) is 0 Å². The van der Waals surface area contributed by atoms with E-state index in [2.05, 4.69) is 11.8 Å². The third kappa shape index (κ3) is 2.73. The van der Waals surface area contributed by atoms with E-state index in [4.69, 9.17) is 10.5 Å². The molecular formula is C9H20N2O. The van der Waals surface area contributed by atoms with E-state index in [1.807, 2.05) is 0 Å². The largest absolute Gasteiger partial charge is 0.379 e. The Kier molecular flexibility index (Phi) is 4.58. The average Bonchev–Trinajstić information content (AvgIpc) is 2.15. The van der Waals surface area contributed by atoms with Crippen LogP contribution in [-0.2, 0) is 4.74 Å². The van der Waals surface area contributed by atoms with Gasteiger partial charge in [0.05, 0.1) is 13.2 Å². The Bertz CT molecular complexity index is 110. The van der Waals surface area contributed by atoms with Gasteiger partial charge in [-0.2, -0.15) is 0 Å². The van der Waals surface area contributed by atoms with Gasteiger partial charge in [-0.15, -0.1) is 0 Å². The second kappa shape index (κ2) is 5.51. The van der Waals surface area contributed by atoms with Crippen LogP contribution in [0.1, 0.15) is 19.8 Å². The molecule has 0 amide bonds. The molecule has 2 N–H and O–H groups in total. The van der Waals surface area contributed by atoms with Crippen LogP contribution in [-0.4, -0.2) is 43.8 Å². The third-order valence-electron chi connectivity index (χ3n) is 2.46. The zero-order valence-electron chi connectivity index (χ0n) is 7.96. The molecule has 1 atom stereocenters. The molecular weight excluding hydrogens is 152 g/mol. The van der Waals surface area contributed by atoms with Gasteiger partial charge < -0.3 is 10.5 Å². The van der Waals surface area contributed by atoms with Gasteiger partial charge in [-0.05, 0) is 6.42 Å². The number of rotatable bonds is 4. The second-order valence-corrected chi connectivity index (χ2v) is 3.33. The molecule has 0 aromatic rings. The fourth-order valence-corrected chi connectivity index (χ4v) is 1.73. The summed E-state index contributed by atoms with van der Waals surface area (Å²) in [6, 6.07) is 0.582. The quantitative estimate of drug-likeness (QED) is 0.669. The number of ether oxygens (including phenoxy) is 1. The van der Waals surface area contributed by atoms with Crippen LogP contribution < -0.4 is 5.73 Å². The average molecular weight is 172 g/mol. The predicted octanol–water partition coefficient (Wildman–Crippen LogP) is 0.446. The summed E-state index contributed by atoms with van der Waals surface area (Å²) >= 11 is 0. The predicted molar refractivity (Wildman–Crippen MR) is 50.1 cm³/mol. The molecule has 1 saturated heterocycles. The molecule has 0 radical (unpaired) electrons. The van der Waals surface area contributed by atoms with Crippen molar-refractivity contribution in [1.29, 1.82) is 0 Å². The molecule has 0 aromatic carbocycles. The molecule has 1 heterocycles. The lowest BCUT2D eigenvalue weighted by molar-refractivity contribution is 0.0165. The molecule has 12 heavy (non-hydrogen) atoms. The fraction of sp³-hybridized carbons (Fsp3) is 1.00. The van der Waals surface area contributed by atoms with E-state index < -0.39 is 0 Å². The van der Waals surface area contributed by atoms with Crippen LogP contribution in [0.4, 0.5) is 0 Å². The van der Waals surface area contributed by atoms with Crippen molar-refractivity contribution < 1.29 is 4.74 Å². The Labute approximate surface area is 74.9 Å². The standard InChI is InChI=1S/C9H20N2O/c1-2-3-9(8-10)11-4-6-12-7-5-11/h9H,2-8,10H2,1H3. The van der Waals surface area contributed by atoms with E-state index in [0.29, 0.717) is 6.04 Å². The van der Waals surface area contributed by atoms with Crippen LogP contribution in [0, 0.1) is 0 Å². The van der Waals surface area contributed by atoms with Crippen molar-refractivity contribution >= 4 is 0 Å². The van der Waals surface area contributed by atoms with Gasteiger partial charge in [0, 0.05) is 25.7 Å². The Morgan fingerprint density at radius 1 is 1.42 bits per heavy atom. The Morgan fingerprint density at radius 2 is 2.08 bits per heavy atom. The maximum atomic E-state index is 5.71. The SMILES string of the molecule is CCCC(CN)N1CCOCC1. The summed E-state index contributed by atoms with van der Waals surface area (Å²) in [6.07, 6.45) is 2.44. The molecule has 0 bridgehead atoms. The molecule has 1 aliphatic rings. The lowest BCUT2D eigenvalue weighted by atomic mass is 10.1. The minimum Gasteiger partial charge on any atom is -0.379 e. The smallest absolute Gasteiger partial charge is 0.0594 e. The van der Waals surface area contributed by atoms with Crippen molar-refractivity contribution in [3.05, 3.63) is 0 Å². The molecule has 3 nitrogen and oxygen atoms in total. The molecule has 0 aliphatic carbocycles. The summed E-state index contributed by atoms with van der Waals surface area (Å²) in [7, 11) is 0. The number of hydrogen-bond donors (Lipinski definition) is 1. The molecule has 3 heteroatoms. The number of nitrogens with zero attached hydrogens (tertiary/aromatic N) is 1. The minimum absolute atomic E-state index is 0.582. The Balaban J connectivity index is 2.29. The normalized spacial score (nSPS) is 22.5. The number of nitrogens with two attached hydrogens (primary N) is 1. The second-order valence-electron chi connectivity index (χ2n) is 3.33. The maximum Gasteiger partial charge on any atom is 0.0594 e. The van der Waals surface area contributed by atoms with Gasteiger partial charge in [-0.1, -0.05) is 13.3 Å². The van der Waals surface area contributed by atoms with E-state index in [0.717, 1.165) is 32.8 Å². The van der Waals surface area contributed by atoms with Gasteiger partial charge in [-0.25, -0.2) is 0 Å². The first-order valence-electron chi connectivity index (χ1n) is 4.90. The highest BCUT2D eigenvalue weighted by Gasteiger charge is 2.18. The van der Waals surface area contributed by atoms with Gasteiger partial charge in [0.2, 0.25) is 0 Å². The molecule has 0 spiro atoms. The van der Waals surface area contributed by atoms with Gasteiger partial charge >= 0.3 is 0 Å². The van der Waals surface area contributed by atoms with Gasteiger partial charge in [0.15, 0.2) is 0 Å². The lowest BCUT2D eigenvalue weighted by Crippen LogP contribution is -2.46. The summed E-state index contributed by atoms with van der Waals surface area (Å²) in [6.45, 7) is 6.86. The van der Waals surface area contributed by atoms with Crippen LogP contribution in [0.2, 0.25) is 0 Å². The molecule has 72 valence electrons. The first-order valence-corrected chi connectivity index (χ1v) is 4.90. The summed E-state index contributed by atoms with van der Waals surface area (Å²) in [5, 5.41) is 0. The Hall–Kier alpha value is -0.120. The number of morpholine rings is 1. The van der Waals surface area contributed by atoms with Gasteiger partial charge in [0.25, 0.3) is 0 Å². The zero-order chi connectivity index (χ0) is 8.81. The van der Waals surface area contributed by atoms with Crippen molar-refractivity contribution in [1.82, 2.24) is 4.90 Å². The highest BCUT2D eigenvalue weighted by atomic mass is 16.5. The van der Waals surface area contributed by atoms with Crippen molar-refractivity contribution in [2.24, 2.45) is 5.73 Å². The summed E-state index contributed by atoms with van der Waals surface area (Å²) < 4.78 is 5.29. The fourth-order valence-electron chi connectivity index (χ4n) is 1.73. The summed E-state index contributed by atoms with van der Waals surface area (Å²) in [5.41, 5.74) is 5.71. The molecule has 1 rings (SSSR count). The van der Waals surface area contributed by atoms with Gasteiger partial charge in [-0.3, -0.25) is 4.90 Å². The van der Waals surface area contributed by atoms with Crippen molar-refractivity contribution in [3.63, 3.8) is 0 Å². The monoisotopic (exact) mass is 172 g/mol. The molecule has 0 aromatic heterocycles. The minimum atomic E-state index is 0.582. The van der Waals surface area contributed by atoms with Crippen LogP contribution in [0.5, 0.6) is 0 Å². The highest BCUT2D eigenvalue weighted by Crippen LogP contribution is 2.07. The van der Waals surface area contributed by atoms with Crippen LogP contribution in [0.15, 0.2) is 0 Å².